The van der Waals surface area contributed by atoms with Crippen LogP contribution < -0.4 is 10.6 Å². The highest BCUT2D eigenvalue weighted by atomic mass is 31.2. The van der Waals surface area contributed by atoms with Crippen LogP contribution in [0, 0.1) is 0 Å². The van der Waals surface area contributed by atoms with E-state index in [0.717, 1.165) is 12.6 Å². The Morgan fingerprint density at radius 1 is 0.800 bits per heavy atom. The molecule has 0 amide bonds. The van der Waals surface area contributed by atoms with Gasteiger partial charge in [0.15, 0.2) is 0 Å². The summed E-state index contributed by atoms with van der Waals surface area (Å²) in [5.74, 6) is 0. The molecule has 20 heavy (non-hydrogen) atoms. The minimum atomic E-state index is -2.23. The molecule has 2 N–H and O–H groups in total. The number of rotatable bonds is 7. The predicted molar refractivity (Wildman–Crippen MR) is 85.9 cm³/mol. The highest BCUT2D eigenvalue weighted by molar-refractivity contribution is 7.73. The first-order chi connectivity index (χ1) is 9.77. The van der Waals surface area contributed by atoms with Crippen LogP contribution in [-0.4, -0.2) is 22.6 Å². The first-order valence-electron chi connectivity index (χ1n) is 6.46. The highest BCUT2D eigenvalue weighted by Gasteiger charge is 2.13. The van der Waals surface area contributed by atoms with Gasteiger partial charge in [-0.1, -0.05) is 60.7 Å². The van der Waals surface area contributed by atoms with Crippen LogP contribution >= 0.6 is 16.5 Å². The average Bonchev–Trinajstić information content (AvgIpc) is 2.49. The molecule has 0 radical (unpaired) electrons. The SMILES string of the molecule is OP(O)OCCCP(c1ccccc1)c1ccccc1. The standard InChI is InChI=1S/C15H18O3P2/c16-20(17)18-12-7-13-19(14-8-3-1-4-9-14)15-10-5-2-6-11-15/h1-6,8-11,16-17H,7,12-13H2. The topological polar surface area (TPSA) is 49.7 Å². The molecule has 0 heterocycles. The third kappa shape index (κ3) is 4.94. The van der Waals surface area contributed by atoms with Gasteiger partial charge in [0.05, 0.1) is 6.61 Å². The van der Waals surface area contributed by atoms with E-state index in [4.69, 9.17) is 14.3 Å². The molecule has 0 fully saturated rings. The molecule has 0 aromatic heterocycles. The van der Waals surface area contributed by atoms with E-state index in [0.29, 0.717) is 6.61 Å². The molecule has 0 atom stereocenters. The van der Waals surface area contributed by atoms with E-state index in [9.17, 15) is 0 Å². The zero-order valence-electron chi connectivity index (χ0n) is 11.1. The van der Waals surface area contributed by atoms with E-state index in [-0.39, 0.29) is 0 Å². The van der Waals surface area contributed by atoms with Crippen molar-refractivity contribution in [2.75, 3.05) is 12.8 Å². The molecule has 0 saturated carbocycles. The van der Waals surface area contributed by atoms with Crippen molar-refractivity contribution in [3.8, 4) is 0 Å². The summed E-state index contributed by atoms with van der Waals surface area (Å²) in [7, 11) is -2.65. The quantitative estimate of drug-likeness (QED) is 0.611. The fourth-order valence-electron chi connectivity index (χ4n) is 1.99. The average molecular weight is 308 g/mol. The van der Waals surface area contributed by atoms with E-state index in [2.05, 4.69) is 48.5 Å². The van der Waals surface area contributed by atoms with Crippen LogP contribution in [0.3, 0.4) is 0 Å². The second-order valence-electron chi connectivity index (χ2n) is 4.26. The molecule has 0 bridgehead atoms. The lowest BCUT2D eigenvalue weighted by atomic mass is 10.4. The van der Waals surface area contributed by atoms with Crippen molar-refractivity contribution in [1.29, 1.82) is 0 Å². The molecular weight excluding hydrogens is 290 g/mol. The van der Waals surface area contributed by atoms with Crippen molar-refractivity contribution < 1.29 is 14.3 Å². The Kier molecular flexibility index (Phi) is 6.59. The minimum absolute atomic E-state index is 0.386. The number of hydrogen-bond acceptors (Lipinski definition) is 3. The van der Waals surface area contributed by atoms with Gasteiger partial charge < -0.3 is 14.3 Å². The minimum Gasteiger partial charge on any atom is -0.328 e. The zero-order chi connectivity index (χ0) is 14.2. The predicted octanol–water partition coefficient (Wildman–Crippen LogP) is 2.74. The second kappa shape index (κ2) is 8.46. The van der Waals surface area contributed by atoms with Crippen molar-refractivity contribution in [2.24, 2.45) is 0 Å². The fourth-order valence-corrected chi connectivity index (χ4v) is 4.61. The summed E-state index contributed by atoms with van der Waals surface area (Å²) in [5.41, 5.74) is 0. The fraction of sp³-hybridized carbons (Fsp3) is 0.200. The Labute approximate surface area is 122 Å². The lowest BCUT2D eigenvalue weighted by molar-refractivity contribution is 0.256. The van der Waals surface area contributed by atoms with Gasteiger partial charge in [0.1, 0.15) is 0 Å². The molecule has 5 heteroatoms. The first-order valence-corrected chi connectivity index (χ1v) is 9.15. The Hall–Kier alpha value is -0.820. The second-order valence-corrected chi connectivity index (χ2v) is 7.36. The maximum atomic E-state index is 8.76. The maximum Gasteiger partial charge on any atom is 0.327 e. The van der Waals surface area contributed by atoms with Crippen LogP contribution in [-0.2, 0) is 4.52 Å². The molecule has 0 unspecified atom stereocenters. The van der Waals surface area contributed by atoms with E-state index < -0.39 is 16.5 Å². The van der Waals surface area contributed by atoms with Crippen molar-refractivity contribution in [3.63, 3.8) is 0 Å². The Morgan fingerprint density at radius 3 is 1.75 bits per heavy atom. The van der Waals surface area contributed by atoms with Crippen LogP contribution in [0.1, 0.15) is 6.42 Å². The molecule has 0 saturated heterocycles. The van der Waals surface area contributed by atoms with Crippen LogP contribution in [0.4, 0.5) is 0 Å². The Balaban J connectivity index is 2.06. The smallest absolute Gasteiger partial charge is 0.327 e. The van der Waals surface area contributed by atoms with Crippen molar-refractivity contribution in [3.05, 3.63) is 60.7 Å². The van der Waals surface area contributed by atoms with Crippen LogP contribution in [0.5, 0.6) is 0 Å². The summed E-state index contributed by atoms with van der Waals surface area (Å²) in [6.07, 6.45) is 1.79. The van der Waals surface area contributed by atoms with Gasteiger partial charge in [0.2, 0.25) is 0 Å². The Morgan fingerprint density at radius 2 is 1.30 bits per heavy atom. The third-order valence-corrected chi connectivity index (χ3v) is 5.89. The van der Waals surface area contributed by atoms with Gasteiger partial charge in [-0.3, -0.25) is 0 Å². The molecule has 0 aliphatic heterocycles. The van der Waals surface area contributed by atoms with Crippen molar-refractivity contribution in [2.45, 2.75) is 6.42 Å². The van der Waals surface area contributed by atoms with Gasteiger partial charge in [-0.05, 0) is 31.1 Å². The van der Waals surface area contributed by atoms with Crippen LogP contribution in [0.2, 0.25) is 0 Å². The van der Waals surface area contributed by atoms with Crippen LogP contribution in [0.25, 0.3) is 0 Å². The van der Waals surface area contributed by atoms with E-state index in [1.54, 1.807) is 0 Å². The largest absolute Gasteiger partial charge is 0.328 e. The highest BCUT2D eigenvalue weighted by Crippen LogP contribution is 2.34. The summed E-state index contributed by atoms with van der Waals surface area (Å²) in [6.45, 7) is 0.386. The summed E-state index contributed by atoms with van der Waals surface area (Å²) in [4.78, 5) is 17.5. The third-order valence-electron chi connectivity index (χ3n) is 2.87. The molecule has 2 aromatic carbocycles. The van der Waals surface area contributed by atoms with Gasteiger partial charge in [-0.15, -0.1) is 0 Å². The monoisotopic (exact) mass is 308 g/mol. The molecule has 0 spiro atoms. The van der Waals surface area contributed by atoms with Crippen molar-refractivity contribution >= 4 is 27.1 Å². The van der Waals surface area contributed by atoms with Gasteiger partial charge in [-0.25, -0.2) is 0 Å². The molecule has 2 aromatic rings. The van der Waals surface area contributed by atoms with E-state index >= 15 is 0 Å². The summed E-state index contributed by atoms with van der Waals surface area (Å²) >= 11 is 0. The normalized spacial score (nSPS) is 11.2. The Bertz CT molecular complexity index is 451. The number of benzene rings is 2. The van der Waals surface area contributed by atoms with Gasteiger partial charge >= 0.3 is 8.60 Å². The summed E-state index contributed by atoms with van der Waals surface area (Å²) < 4.78 is 4.85. The van der Waals surface area contributed by atoms with Crippen LogP contribution in [0.15, 0.2) is 60.7 Å². The molecule has 0 aliphatic rings. The molecular formula is C15H18O3P2. The maximum absolute atomic E-state index is 8.76. The van der Waals surface area contributed by atoms with E-state index in [1.807, 2.05) is 12.1 Å². The molecule has 3 nitrogen and oxygen atoms in total. The molecule has 0 aliphatic carbocycles. The lowest BCUT2D eigenvalue weighted by Gasteiger charge is -2.18. The molecule has 106 valence electrons. The van der Waals surface area contributed by atoms with Gasteiger partial charge in [0.25, 0.3) is 0 Å². The van der Waals surface area contributed by atoms with Gasteiger partial charge in [-0.2, -0.15) is 0 Å². The number of hydrogen-bond donors (Lipinski definition) is 2. The summed E-state index contributed by atoms with van der Waals surface area (Å²) in [5, 5.41) is 2.67. The van der Waals surface area contributed by atoms with E-state index in [1.165, 1.54) is 10.6 Å². The zero-order valence-corrected chi connectivity index (χ0v) is 12.9. The summed E-state index contributed by atoms with van der Waals surface area (Å²) in [6, 6.07) is 20.9. The molecule has 2 rings (SSSR count). The van der Waals surface area contributed by atoms with Gasteiger partial charge in [0, 0.05) is 0 Å². The van der Waals surface area contributed by atoms with Crippen molar-refractivity contribution in [1.82, 2.24) is 0 Å². The lowest BCUT2D eigenvalue weighted by Crippen LogP contribution is -2.14. The first kappa shape index (κ1) is 15.6.